The van der Waals surface area contributed by atoms with Crippen LogP contribution in [0.4, 0.5) is 0 Å². The lowest BCUT2D eigenvalue weighted by Crippen LogP contribution is -1.92. The van der Waals surface area contributed by atoms with Crippen molar-refractivity contribution in [2.24, 2.45) is 0 Å². The number of rotatable bonds is 3. The maximum Gasteiger partial charge on any atom is 0.0448 e. The highest BCUT2D eigenvalue weighted by Gasteiger charge is 2.21. The van der Waals surface area contributed by atoms with E-state index in [1.165, 1.54) is 117 Å². The molecular formula is C52H30S2. The summed E-state index contributed by atoms with van der Waals surface area (Å²) >= 11 is 3.85. The Kier molecular flexibility index (Phi) is 6.48. The monoisotopic (exact) mass is 718 g/mol. The van der Waals surface area contributed by atoms with Crippen molar-refractivity contribution in [2.45, 2.75) is 0 Å². The zero-order valence-electron chi connectivity index (χ0n) is 29.1. The molecule has 0 spiro atoms. The van der Waals surface area contributed by atoms with Crippen LogP contribution in [0.1, 0.15) is 0 Å². The molecule has 0 atom stereocenters. The molecule has 0 unspecified atom stereocenters. The van der Waals surface area contributed by atoms with Crippen LogP contribution in [0.5, 0.6) is 0 Å². The molecule has 2 heteroatoms. The van der Waals surface area contributed by atoms with Gasteiger partial charge in [0, 0.05) is 45.7 Å². The molecule has 12 aromatic rings. The minimum Gasteiger partial charge on any atom is -0.135 e. The van der Waals surface area contributed by atoms with Crippen molar-refractivity contribution < 1.29 is 0 Å². The molecule has 0 aliphatic rings. The number of fused-ring (bicyclic) bond motifs is 12. The Labute approximate surface area is 319 Å². The van der Waals surface area contributed by atoms with Gasteiger partial charge in [-0.3, -0.25) is 0 Å². The van der Waals surface area contributed by atoms with Crippen LogP contribution in [-0.4, -0.2) is 0 Å². The lowest BCUT2D eigenvalue weighted by molar-refractivity contribution is 1.66. The average Bonchev–Trinajstić information content (AvgIpc) is 3.81. The fraction of sp³-hybridized carbons (Fsp3) is 0. The fourth-order valence-electron chi connectivity index (χ4n) is 9.17. The minimum absolute atomic E-state index is 1.24. The predicted molar refractivity (Wildman–Crippen MR) is 239 cm³/mol. The van der Waals surface area contributed by atoms with E-state index in [2.05, 4.69) is 182 Å². The van der Waals surface area contributed by atoms with Gasteiger partial charge in [-0.15, -0.1) is 22.7 Å². The largest absolute Gasteiger partial charge is 0.135 e. The molecule has 0 aliphatic heterocycles. The molecule has 10 aromatic carbocycles. The van der Waals surface area contributed by atoms with Crippen LogP contribution in [-0.2, 0) is 0 Å². The van der Waals surface area contributed by atoms with Crippen LogP contribution in [0.15, 0.2) is 182 Å². The highest BCUT2D eigenvalue weighted by Crippen LogP contribution is 2.50. The lowest BCUT2D eigenvalue weighted by atomic mass is 9.83. The number of thiophene rings is 2. The number of hydrogen-bond donors (Lipinski definition) is 0. The van der Waals surface area contributed by atoms with Gasteiger partial charge in [-0.2, -0.15) is 0 Å². The van der Waals surface area contributed by atoms with Gasteiger partial charge in [0.1, 0.15) is 0 Å². The molecule has 250 valence electrons. The molecule has 0 fully saturated rings. The zero-order valence-corrected chi connectivity index (χ0v) is 30.8. The van der Waals surface area contributed by atoms with Gasteiger partial charge in [0.05, 0.1) is 0 Å². The lowest BCUT2D eigenvalue weighted by Gasteiger charge is -2.20. The van der Waals surface area contributed by atoms with Crippen LogP contribution >= 0.6 is 22.7 Å². The summed E-state index contributed by atoms with van der Waals surface area (Å²) in [6.45, 7) is 0. The summed E-state index contributed by atoms with van der Waals surface area (Å²) in [6.07, 6.45) is 0. The second-order valence-corrected chi connectivity index (χ2v) is 16.4. The third-order valence-electron chi connectivity index (χ3n) is 11.5. The Hall–Kier alpha value is -6.32. The van der Waals surface area contributed by atoms with Crippen molar-refractivity contribution in [1.29, 1.82) is 0 Å². The van der Waals surface area contributed by atoms with E-state index in [-0.39, 0.29) is 0 Å². The summed E-state index contributed by atoms with van der Waals surface area (Å²) < 4.78 is 5.47. The van der Waals surface area contributed by atoms with E-state index in [0.29, 0.717) is 0 Å². The third-order valence-corrected chi connectivity index (χ3v) is 13.9. The first-order chi connectivity index (χ1) is 26.8. The first-order valence-corrected chi connectivity index (χ1v) is 20.1. The van der Waals surface area contributed by atoms with E-state index in [4.69, 9.17) is 0 Å². The second kappa shape index (κ2) is 11.6. The Morgan fingerprint density at radius 3 is 1.44 bits per heavy atom. The summed E-state index contributed by atoms with van der Waals surface area (Å²) in [5.74, 6) is 0. The zero-order chi connectivity index (χ0) is 35.3. The van der Waals surface area contributed by atoms with E-state index in [0.717, 1.165) is 0 Å². The van der Waals surface area contributed by atoms with E-state index in [1.54, 1.807) is 0 Å². The predicted octanol–water partition coefficient (Wildman–Crippen LogP) is 16.0. The molecule has 0 bridgehead atoms. The van der Waals surface area contributed by atoms with Crippen LogP contribution < -0.4 is 0 Å². The van der Waals surface area contributed by atoms with Crippen molar-refractivity contribution in [3.63, 3.8) is 0 Å². The first-order valence-electron chi connectivity index (χ1n) is 18.5. The van der Waals surface area contributed by atoms with E-state index >= 15 is 0 Å². The summed E-state index contributed by atoms with van der Waals surface area (Å²) in [5, 5.41) is 15.7. The minimum atomic E-state index is 1.24. The van der Waals surface area contributed by atoms with Gasteiger partial charge in [-0.05, 0) is 89.3 Å². The van der Waals surface area contributed by atoms with Gasteiger partial charge in [0.25, 0.3) is 0 Å². The third kappa shape index (κ3) is 4.24. The second-order valence-electron chi connectivity index (χ2n) is 14.3. The van der Waals surface area contributed by atoms with Crippen molar-refractivity contribution in [3.05, 3.63) is 182 Å². The van der Waals surface area contributed by atoms with Crippen LogP contribution in [0.3, 0.4) is 0 Å². The van der Waals surface area contributed by atoms with Gasteiger partial charge in [0.2, 0.25) is 0 Å². The van der Waals surface area contributed by atoms with Crippen molar-refractivity contribution >= 4 is 106 Å². The molecule has 12 rings (SSSR count). The van der Waals surface area contributed by atoms with Crippen LogP contribution in [0, 0.1) is 0 Å². The van der Waals surface area contributed by atoms with E-state index < -0.39 is 0 Å². The smallest absolute Gasteiger partial charge is 0.0448 e. The topological polar surface area (TPSA) is 0 Å². The molecule has 2 heterocycles. The molecule has 2 aromatic heterocycles. The van der Waals surface area contributed by atoms with Crippen molar-refractivity contribution in [1.82, 2.24) is 0 Å². The number of benzene rings is 10. The molecule has 0 amide bonds. The Bertz CT molecular complexity index is 3430. The molecule has 0 radical (unpaired) electrons. The van der Waals surface area contributed by atoms with Crippen molar-refractivity contribution in [3.8, 4) is 33.4 Å². The fourth-order valence-corrected chi connectivity index (χ4v) is 11.7. The van der Waals surface area contributed by atoms with Gasteiger partial charge in [-0.25, -0.2) is 0 Å². The molecule has 0 N–H and O–H groups in total. The maximum atomic E-state index is 2.48. The first kappa shape index (κ1) is 30.2. The van der Waals surface area contributed by atoms with E-state index in [9.17, 15) is 0 Å². The highest BCUT2D eigenvalue weighted by molar-refractivity contribution is 7.30. The van der Waals surface area contributed by atoms with Gasteiger partial charge < -0.3 is 0 Å². The molecular weight excluding hydrogens is 689 g/mol. The quantitative estimate of drug-likeness (QED) is 0.160. The maximum absolute atomic E-state index is 2.48. The Morgan fingerprint density at radius 2 is 0.759 bits per heavy atom. The van der Waals surface area contributed by atoms with E-state index in [1.807, 2.05) is 22.7 Å². The highest BCUT2D eigenvalue weighted by atomic mass is 32.1. The normalized spacial score (nSPS) is 12.1. The summed E-state index contributed by atoms with van der Waals surface area (Å²) in [6, 6.07) is 67.7. The summed E-state index contributed by atoms with van der Waals surface area (Å²) in [4.78, 5) is 0. The molecule has 0 nitrogen and oxygen atoms in total. The number of hydrogen-bond acceptors (Lipinski definition) is 2. The average molecular weight is 719 g/mol. The van der Waals surface area contributed by atoms with Gasteiger partial charge in [0.15, 0.2) is 0 Å². The van der Waals surface area contributed by atoms with Gasteiger partial charge >= 0.3 is 0 Å². The molecule has 0 saturated carbocycles. The molecule has 0 saturated heterocycles. The van der Waals surface area contributed by atoms with Crippen LogP contribution in [0.2, 0.25) is 0 Å². The summed E-state index contributed by atoms with van der Waals surface area (Å²) in [5.41, 5.74) is 7.64. The van der Waals surface area contributed by atoms with Crippen LogP contribution in [0.25, 0.3) is 117 Å². The van der Waals surface area contributed by atoms with Gasteiger partial charge in [-0.1, -0.05) is 164 Å². The summed E-state index contributed by atoms with van der Waals surface area (Å²) in [7, 11) is 0. The molecule has 54 heavy (non-hydrogen) atoms. The Morgan fingerprint density at radius 1 is 0.259 bits per heavy atom. The molecule has 0 aliphatic carbocycles. The standard InChI is InChI=1S/C52H30S2/c1-2-14-31(15-3-1)48-36-19-7-9-21-38(36)49(39-22-10-8-20-37(39)48)40-27-26-35(32-16-4-5-17-33(32)40)44-30-45-42-28-29-47-50(43-24-12-13-25-46(43)53-47)52(42)54-51(45)41-23-11-6-18-34(41)44/h1-30H. The van der Waals surface area contributed by atoms with Crippen molar-refractivity contribution in [2.75, 3.05) is 0 Å². The Balaban J connectivity index is 1.16. The SMILES string of the molecule is c1ccc(-c2c3ccccc3c(-c3ccc(-c4cc5c6ccc7sc8ccccc8c7c6sc5c5ccccc45)c4ccccc34)c3ccccc23)cc1.